The number of benzene rings is 1. The van der Waals surface area contributed by atoms with Crippen LogP contribution in [0.2, 0.25) is 0 Å². The average Bonchev–Trinajstić information content (AvgIpc) is 2.97. The number of hydrogen-bond acceptors (Lipinski definition) is 3. The molecule has 0 aliphatic rings. The van der Waals surface area contributed by atoms with E-state index in [0.29, 0.717) is 24.6 Å². The van der Waals surface area contributed by atoms with Gasteiger partial charge < -0.3 is 9.47 Å². The number of pyridine rings is 1. The van der Waals surface area contributed by atoms with Gasteiger partial charge in [-0.3, -0.25) is 9.78 Å². The van der Waals surface area contributed by atoms with Crippen molar-refractivity contribution in [3.63, 3.8) is 0 Å². The fourth-order valence-electron chi connectivity index (χ4n) is 2.77. The average molecular weight is 322 g/mol. The zero-order valence-electron chi connectivity index (χ0n) is 14.3. The van der Waals surface area contributed by atoms with Gasteiger partial charge in [0.1, 0.15) is 5.82 Å². The van der Waals surface area contributed by atoms with Crippen molar-refractivity contribution >= 4 is 16.8 Å². The monoisotopic (exact) mass is 322 g/mol. The molecule has 0 bridgehead atoms. The minimum absolute atomic E-state index is 0.0254. The summed E-state index contributed by atoms with van der Waals surface area (Å²) < 4.78 is 1.95. The molecule has 0 radical (unpaired) electrons. The normalized spacial score (nSPS) is 11.2. The summed E-state index contributed by atoms with van der Waals surface area (Å²) in [6.45, 7) is 5.42. The maximum Gasteiger partial charge on any atom is 0.254 e. The second-order valence-electron chi connectivity index (χ2n) is 6.44. The summed E-state index contributed by atoms with van der Waals surface area (Å²) in [6.07, 6.45) is 5.42. The Labute approximate surface area is 142 Å². The molecule has 2 heterocycles. The first kappa shape index (κ1) is 16.2. The number of rotatable bonds is 5. The first-order chi connectivity index (χ1) is 11.5. The number of hydrogen-bond donors (Lipinski definition) is 0. The van der Waals surface area contributed by atoms with Gasteiger partial charge in [-0.2, -0.15) is 0 Å². The third-order valence-corrected chi connectivity index (χ3v) is 3.98. The molecule has 0 N–H and O–H groups in total. The second kappa shape index (κ2) is 6.83. The lowest BCUT2D eigenvalue weighted by Crippen LogP contribution is -2.34. The van der Waals surface area contributed by atoms with Crippen molar-refractivity contribution < 1.29 is 4.79 Å². The minimum Gasteiger partial charge on any atom is -0.337 e. The van der Waals surface area contributed by atoms with Crippen LogP contribution >= 0.6 is 0 Å². The van der Waals surface area contributed by atoms with E-state index < -0.39 is 0 Å². The Morgan fingerprint density at radius 2 is 2.04 bits per heavy atom. The third-order valence-electron chi connectivity index (χ3n) is 3.98. The Morgan fingerprint density at radius 3 is 2.75 bits per heavy atom. The molecule has 124 valence electrons. The topological polar surface area (TPSA) is 51.0 Å². The molecule has 1 aromatic carbocycles. The van der Waals surface area contributed by atoms with E-state index in [9.17, 15) is 4.79 Å². The molecule has 0 unspecified atom stereocenters. The maximum absolute atomic E-state index is 13.0. The van der Waals surface area contributed by atoms with Gasteiger partial charge in [0.2, 0.25) is 0 Å². The maximum atomic E-state index is 13.0. The number of aryl methyl sites for hydroxylation is 1. The van der Waals surface area contributed by atoms with Crippen LogP contribution in [0.4, 0.5) is 0 Å². The van der Waals surface area contributed by atoms with Gasteiger partial charge in [-0.1, -0.05) is 19.9 Å². The fourth-order valence-corrected chi connectivity index (χ4v) is 2.77. The van der Waals surface area contributed by atoms with Crippen LogP contribution < -0.4 is 0 Å². The number of fused-ring (bicyclic) bond motifs is 1. The van der Waals surface area contributed by atoms with Crippen LogP contribution in [0.15, 0.2) is 48.9 Å². The molecular formula is C19H22N4O. The van der Waals surface area contributed by atoms with Crippen molar-refractivity contribution in [3.8, 4) is 0 Å². The lowest BCUT2D eigenvalue weighted by atomic mass is 10.1. The van der Waals surface area contributed by atoms with Crippen LogP contribution in [0.25, 0.3) is 10.9 Å². The molecule has 3 aromatic rings. The smallest absolute Gasteiger partial charge is 0.254 e. The third kappa shape index (κ3) is 3.45. The molecule has 3 rings (SSSR count). The van der Waals surface area contributed by atoms with Crippen molar-refractivity contribution in [2.45, 2.75) is 20.4 Å². The molecular weight excluding hydrogens is 300 g/mol. The SMILES string of the molecule is CC(C)CN(Cc1nccn1C)C(=O)c1ccc2ncccc2c1. The van der Waals surface area contributed by atoms with Gasteiger partial charge in [0.05, 0.1) is 12.1 Å². The van der Waals surface area contributed by atoms with E-state index in [1.807, 2.05) is 53.0 Å². The number of carbonyl (C=O) groups is 1. The Morgan fingerprint density at radius 1 is 1.21 bits per heavy atom. The molecule has 2 aromatic heterocycles. The quantitative estimate of drug-likeness (QED) is 0.724. The lowest BCUT2D eigenvalue weighted by Gasteiger charge is -2.24. The van der Waals surface area contributed by atoms with Crippen LogP contribution in [0, 0.1) is 5.92 Å². The summed E-state index contributed by atoms with van der Waals surface area (Å²) in [5.74, 6) is 1.29. The van der Waals surface area contributed by atoms with E-state index in [-0.39, 0.29) is 5.91 Å². The molecule has 0 saturated heterocycles. The van der Waals surface area contributed by atoms with E-state index in [4.69, 9.17) is 0 Å². The van der Waals surface area contributed by atoms with Gasteiger partial charge in [0, 0.05) is 43.1 Å². The molecule has 5 heteroatoms. The molecule has 0 saturated carbocycles. The number of aromatic nitrogens is 3. The number of carbonyl (C=O) groups excluding carboxylic acids is 1. The van der Waals surface area contributed by atoms with Crippen LogP contribution in [0.5, 0.6) is 0 Å². The fraction of sp³-hybridized carbons (Fsp3) is 0.316. The highest BCUT2D eigenvalue weighted by Gasteiger charge is 2.19. The number of imidazole rings is 1. The van der Waals surface area contributed by atoms with E-state index in [1.54, 1.807) is 12.4 Å². The van der Waals surface area contributed by atoms with Gasteiger partial charge in [0.25, 0.3) is 5.91 Å². The Hall–Kier alpha value is -2.69. The van der Waals surface area contributed by atoms with Crippen LogP contribution in [0.1, 0.15) is 30.0 Å². The summed E-state index contributed by atoms with van der Waals surface area (Å²) in [5, 5.41) is 0.977. The van der Waals surface area contributed by atoms with E-state index in [1.165, 1.54) is 0 Å². The van der Waals surface area contributed by atoms with Gasteiger partial charge in [-0.15, -0.1) is 0 Å². The van der Waals surface area contributed by atoms with Crippen molar-refractivity contribution in [1.29, 1.82) is 0 Å². The van der Waals surface area contributed by atoms with Gasteiger partial charge >= 0.3 is 0 Å². The second-order valence-corrected chi connectivity index (χ2v) is 6.44. The highest BCUT2D eigenvalue weighted by molar-refractivity contribution is 5.97. The van der Waals surface area contributed by atoms with Crippen molar-refractivity contribution in [3.05, 3.63) is 60.3 Å². The first-order valence-corrected chi connectivity index (χ1v) is 8.15. The van der Waals surface area contributed by atoms with E-state index in [0.717, 1.165) is 16.7 Å². The van der Waals surface area contributed by atoms with Crippen LogP contribution in [-0.2, 0) is 13.6 Å². The molecule has 1 amide bonds. The van der Waals surface area contributed by atoms with Gasteiger partial charge in [0.15, 0.2) is 0 Å². The van der Waals surface area contributed by atoms with Crippen molar-refractivity contribution in [2.24, 2.45) is 13.0 Å². The molecule has 24 heavy (non-hydrogen) atoms. The minimum atomic E-state index is 0.0254. The van der Waals surface area contributed by atoms with Crippen LogP contribution in [0.3, 0.4) is 0 Å². The molecule has 0 aliphatic heterocycles. The predicted octanol–water partition coefficient (Wildman–Crippen LogP) is 3.27. The van der Waals surface area contributed by atoms with Gasteiger partial charge in [-0.25, -0.2) is 4.98 Å². The molecule has 0 aliphatic carbocycles. The zero-order chi connectivity index (χ0) is 17.1. The van der Waals surface area contributed by atoms with Crippen LogP contribution in [-0.4, -0.2) is 31.9 Å². The standard InChI is InChI=1S/C19H22N4O/c1-14(2)12-23(13-18-21-9-10-22(18)3)19(24)16-6-7-17-15(11-16)5-4-8-20-17/h4-11,14H,12-13H2,1-3H3. The largest absolute Gasteiger partial charge is 0.337 e. The van der Waals surface area contributed by atoms with Crippen molar-refractivity contribution in [2.75, 3.05) is 6.54 Å². The zero-order valence-corrected chi connectivity index (χ0v) is 14.3. The highest BCUT2D eigenvalue weighted by Crippen LogP contribution is 2.17. The highest BCUT2D eigenvalue weighted by atomic mass is 16.2. The van der Waals surface area contributed by atoms with E-state index in [2.05, 4.69) is 23.8 Å². The Bertz CT molecular complexity index is 853. The molecule has 0 atom stereocenters. The molecule has 0 spiro atoms. The predicted molar refractivity (Wildman–Crippen MR) is 94.5 cm³/mol. The van der Waals surface area contributed by atoms with E-state index >= 15 is 0 Å². The summed E-state index contributed by atoms with van der Waals surface area (Å²) in [5.41, 5.74) is 1.58. The number of amides is 1. The van der Waals surface area contributed by atoms with Crippen molar-refractivity contribution in [1.82, 2.24) is 19.4 Å². The Kier molecular flexibility index (Phi) is 4.60. The number of nitrogens with zero attached hydrogens (tertiary/aromatic N) is 4. The summed E-state index contributed by atoms with van der Waals surface area (Å²) >= 11 is 0. The first-order valence-electron chi connectivity index (χ1n) is 8.15. The summed E-state index contributed by atoms with van der Waals surface area (Å²) in [7, 11) is 1.95. The molecule has 0 fully saturated rings. The summed E-state index contributed by atoms with van der Waals surface area (Å²) in [6, 6.07) is 9.53. The summed E-state index contributed by atoms with van der Waals surface area (Å²) in [4.78, 5) is 23.6. The Balaban J connectivity index is 1.90. The molecule has 5 nitrogen and oxygen atoms in total. The lowest BCUT2D eigenvalue weighted by molar-refractivity contribution is 0.0717. The van der Waals surface area contributed by atoms with Gasteiger partial charge in [-0.05, 0) is 30.2 Å².